The molecule has 2 aliphatic rings. The molecule has 0 bridgehead atoms. The monoisotopic (exact) mass is 455 g/mol. The predicted octanol–water partition coefficient (Wildman–Crippen LogP) is 4.08. The van der Waals surface area contributed by atoms with Crippen LogP contribution in [0.4, 0.5) is 0 Å². The Morgan fingerprint density at radius 3 is 2.53 bits per heavy atom. The summed E-state index contributed by atoms with van der Waals surface area (Å²) in [6.45, 7) is 7.75. The normalized spacial score (nSPS) is 18.3. The number of hydrogen-bond donors (Lipinski definition) is 1. The van der Waals surface area contributed by atoms with Gasteiger partial charge in [-0.05, 0) is 39.8 Å². The highest BCUT2D eigenvalue weighted by Crippen LogP contribution is 2.44. The molecule has 9 heteroatoms. The Kier molecular flexibility index (Phi) is 5.39. The average Bonchev–Trinajstić information content (AvgIpc) is 2.70. The number of pyridine rings is 1. The summed E-state index contributed by atoms with van der Waals surface area (Å²) in [4.78, 5) is 17.6. The molecule has 8 nitrogen and oxygen atoms in total. The molecule has 0 radical (unpaired) electrons. The van der Waals surface area contributed by atoms with Crippen molar-refractivity contribution in [2.24, 2.45) is 5.73 Å². The average molecular weight is 456 g/mol. The largest absolute Gasteiger partial charge is 0.486 e. The maximum atomic E-state index is 13.1. The Hall–Kier alpha value is -3.44. The molecule has 3 heterocycles. The van der Waals surface area contributed by atoms with Crippen LogP contribution < -0.4 is 15.2 Å². The van der Waals surface area contributed by atoms with E-state index in [4.69, 9.17) is 36.3 Å². The third-order valence-corrected chi connectivity index (χ3v) is 5.30. The molecule has 32 heavy (non-hydrogen) atoms. The van der Waals surface area contributed by atoms with Crippen LogP contribution in [-0.4, -0.2) is 29.8 Å². The number of allylic oxidation sites excluding steroid dienone is 2. The van der Waals surface area contributed by atoms with Gasteiger partial charge in [-0.2, -0.15) is 5.26 Å². The molecule has 2 aromatic rings. The highest BCUT2D eigenvalue weighted by atomic mass is 35.5. The third kappa shape index (κ3) is 3.92. The molecule has 0 fully saturated rings. The highest BCUT2D eigenvalue weighted by Gasteiger charge is 2.39. The van der Waals surface area contributed by atoms with Crippen molar-refractivity contribution >= 4 is 28.5 Å². The molecular weight excluding hydrogens is 434 g/mol. The number of fused-ring (bicyclic) bond motifs is 2. The first-order chi connectivity index (χ1) is 15.1. The van der Waals surface area contributed by atoms with E-state index in [0.717, 1.165) is 0 Å². The molecule has 0 amide bonds. The van der Waals surface area contributed by atoms with Crippen molar-refractivity contribution in [1.82, 2.24) is 4.98 Å². The lowest BCUT2D eigenvalue weighted by atomic mass is 9.83. The number of rotatable bonds is 2. The van der Waals surface area contributed by atoms with Crippen LogP contribution >= 0.6 is 11.6 Å². The summed E-state index contributed by atoms with van der Waals surface area (Å²) in [6, 6.07) is 7.35. The van der Waals surface area contributed by atoms with Gasteiger partial charge >= 0.3 is 5.97 Å². The Morgan fingerprint density at radius 2 is 1.91 bits per heavy atom. The number of aromatic nitrogens is 1. The van der Waals surface area contributed by atoms with E-state index in [1.54, 1.807) is 45.9 Å². The van der Waals surface area contributed by atoms with Gasteiger partial charge in [0.15, 0.2) is 11.5 Å². The minimum absolute atomic E-state index is 0.0528. The Labute approximate surface area is 190 Å². The number of esters is 1. The predicted molar refractivity (Wildman–Crippen MR) is 117 cm³/mol. The summed E-state index contributed by atoms with van der Waals surface area (Å²) in [5.41, 5.74) is 6.46. The smallest absolute Gasteiger partial charge is 0.338 e. The van der Waals surface area contributed by atoms with Gasteiger partial charge in [0.05, 0.1) is 17.0 Å². The van der Waals surface area contributed by atoms with Gasteiger partial charge in [0.1, 0.15) is 41.4 Å². The molecule has 0 saturated heterocycles. The number of hydrogen-bond acceptors (Lipinski definition) is 8. The molecule has 1 aromatic carbocycles. The second kappa shape index (κ2) is 7.92. The van der Waals surface area contributed by atoms with Gasteiger partial charge in [-0.25, -0.2) is 9.78 Å². The van der Waals surface area contributed by atoms with Crippen molar-refractivity contribution in [2.75, 3.05) is 13.2 Å². The number of benzene rings is 1. The van der Waals surface area contributed by atoms with Crippen molar-refractivity contribution in [2.45, 2.75) is 39.2 Å². The minimum Gasteiger partial charge on any atom is -0.486 e. The zero-order valence-electron chi connectivity index (χ0n) is 18.1. The molecule has 1 aromatic heterocycles. The van der Waals surface area contributed by atoms with E-state index in [2.05, 4.69) is 11.1 Å². The number of nitrogens with two attached hydrogens (primary N) is 1. The van der Waals surface area contributed by atoms with Gasteiger partial charge in [-0.1, -0.05) is 11.6 Å². The summed E-state index contributed by atoms with van der Waals surface area (Å²) in [5, 5.41) is 10.7. The highest BCUT2D eigenvalue weighted by molar-refractivity contribution is 6.30. The minimum atomic E-state index is -0.902. The molecule has 0 spiro atoms. The van der Waals surface area contributed by atoms with Crippen molar-refractivity contribution < 1.29 is 23.7 Å². The summed E-state index contributed by atoms with van der Waals surface area (Å²) in [6.07, 6.45) is 0. The first-order valence-electron chi connectivity index (χ1n) is 10.0. The zero-order chi connectivity index (χ0) is 23.2. The van der Waals surface area contributed by atoms with E-state index in [1.807, 2.05) is 0 Å². The molecule has 2 N–H and O–H groups in total. The van der Waals surface area contributed by atoms with Crippen molar-refractivity contribution in [3.05, 3.63) is 51.7 Å². The molecule has 0 saturated carbocycles. The third-order valence-electron chi connectivity index (χ3n) is 4.99. The number of ether oxygens (including phenoxy) is 4. The van der Waals surface area contributed by atoms with Gasteiger partial charge in [-0.3, -0.25) is 0 Å². The van der Waals surface area contributed by atoms with Crippen LogP contribution in [0.2, 0.25) is 5.15 Å². The van der Waals surface area contributed by atoms with E-state index >= 15 is 0 Å². The van der Waals surface area contributed by atoms with Crippen LogP contribution in [0, 0.1) is 11.3 Å². The van der Waals surface area contributed by atoms with Gasteiger partial charge < -0.3 is 24.7 Å². The maximum Gasteiger partial charge on any atom is 0.338 e. The summed E-state index contributed by atoms with van der Waals surface area (Å²) in [7, 11) is 0. The number of nitriles is 1. The Balaban J connectivity index is 1.90. The Morgan fingerprint density at radius 1 is 1.25 bits per heavy atom. The summed E-state index contributed by atoms with van der Waals surface area (Å²) in [5.74, 6) is -0.224. The first kappa shape index (κ1) is 21.8. The van der Waals surface area contributed by atoms with Gasteiger partial charge in [0.25, 0.3) is 0 Å². The van der Waals surface area contributed by atoms with Crippen molar-refractivity contribution in [3.8, 4) is 17.6 Å². The molecule has 0 aliphatic carbocycles. The van der Waals surface area contributed by atoms with Crippen LogP contribution in [0.5, 0.6) is 11.5 Å². The van der Waals surface area contributed by atoms with Crippen LogP contribution in [0.3, 0.4) is 0 Å². The molecule has 166 valence electrons. The topological polar surface area (TPSA) is 117 Å². The number of nitrogens with zero attached hydrogens (tertiary/aromatic N) is 2. The van der Waals surface area contributed by atoms with Crippen molar-refractivity contribution in [3.63, 3.8) is 0 Å². The van der Waals surface area contributed by atoms with Crippen LogP contribution in [0.25, 0.3) is 10.9 Å². The second-order valence-electron chi connectivity index (χ2n) is 8.45. The first-order valence-corrected chi connectivity index (χ1v) is 10.4. The van der Waals surface area contributed by atoms with Crippen LogP contribution in [0.1, 0.15) is 39.2 Å². The fraction of sp³-hybridized carbons (Fsp3) is 0.348. The Bertz CT molecular complexity index is 1240. The van der Waals surface area contributed by atoms with Crippen molar-refractivity contribution in [1.29, 1.82) is 5.26 Å². The van der Waals surface area contributed by atoms with Gasteiger partial charge in [-0.15, -0.1) is 0 Å². The van der Waals surface area contributed by atoms with E-state index in [9.17, 15) is 10.1 Å². The quantitative estimate of drug-likeness (QED) is 0.531. The lowest BCUT2D eigenvalue weighted by Crippen LogP contribution is -2.30. The maximum absolute atomic E-state index is 13.1. The molecule has 1 unspecified atom stereocenters. The van der Waals surface area contributed by atoms with Gasteiger partial charge in [0, 0.05) is 17.0 Å². The standard InChI is InChI=1S/C23H22ClN3O5/c1-11-18(22(28)32-23(2,3)4)19(14(10-25)21(26)31-11)13-7-12-8-16-17(30-6-5-29-16)9-15(12)27-20(13)24/h7-9,19H,5-6,26H2,1-4H3. The van der Waals surface area contributed by atoms with Gasteiger partial charge in [0.2, 0.25) is 5.88 Å². The fourth-order valence-electron chi connectivity index (χ4n) is 3.70. The van der Waals surface area contributed by atoms with Crippen LogP contribution in [-0.2, 0) is 14.3 Å². The molecular formula is C23H22ClN3O5. The van der Waals surface area contributed by atoms with E-state index in [0.29, 0.717) is 41.2 Å². The number of carbonyl (C=O) groups excluding carboxylic acids is 1. The molecule has 1 atom stereocenters. The van der Waals surface area contributed by atoms with E-state index < -0.39 is 17.5 Å². The fourth-order valence-corrected chi connectivity index (χ4v) is 3.95. The number of halogens is 1. The lowest BCUT2D eigenvalue weighted by Gasteiger charge is -2.29. The van der Waals surface area contributed by atoms with E-state index in [-0.39, 0.29) is 27.9 Å². The van der Waals surface area contributed by atoms with Crippen LogP contribution in [0.15, 0.2) is 41.0 Å². The SMILES string of the molecule is CC1=C(C(=O)OC(C)(C)C)C(c2cc3cc4c(cc3nc2Cl)OCCO4)C(C#N)=C(N)O1. The summed E-state index contributed by atoms with van der Waals surface area (Å²) < 4.78 is 22.4. The zero-order valence-corrected chi connectivity index (χ0v) is 18.9. The number of carbonyl (C=O) groups is 1. The van der Waals surface area contributed by atoms with E-state index in [1.165, 1.54) is 0 Å². The molecule has 4 rings (SSSR count). The lowest BCUT2D eigenvalue weighted by molar-refractivity contribution is -0.150. The summed E-state index contributed by atoms with van der Waals surface area (Å²) >= 11 is 6.57. The second-order valence-corrected chi connectivity index (χ2v) is 8.81. The molecule has 2 aliphatic heterocycles.